The molecule has 2 saturated heterocycles. The predicted octanol–water partition coefficient (Wildman–Crippen LogP) is 4.74. The van der Waals surface area contributed by atoms with Crippen LogP contribution in [-0.4, -0.2) is 69.6 Å². The monoisotopic (exact) mass is 494 g/mol. The van der Waals surface area contributed by atoms with Gasteiger partial charge in [0, 0.05) is 47.8 Å². The molecule has 35 heavy (non-hydrogen) atoms. The molecule has 0 saturated carbocycles. The molecule has 0 atom stereocenters. The van der Waals surface area contributed by atoms with E-state index in [1.54, 1.807) is 12.2 Å². The molecule has 0 aromatic carbocycles. The maximum Gasteiger partial charge on any atom is 0.317 e. The van der Waals surface area contributed by atoms with Crippen LogP contribution in [0.25, 0.3) is 0 Å². The van der Waals surface area contributed by atoms with E-state index in [4.69, 9.17) is 19.1 Å². The van der Waals surface area contributed by atoms with E-state index in [1.807, 2.05) is 10.1 Å². The van der Waals surface area contributed by atoms with Crippen molar-refractivity contribution in [3.05, 3.63) is 25.3 Å². The van der Waals surface area contributed by atoms with Gasteiger partial charge < -0.3 is 9.47 Å². The minimum Gasteiger partial charge on any atom is -0.462 e. The number of rotatable bonds is 10. The molecule has 0 aromatic rings. The summed E-state index contributed by atoms with van der Waals surface area (Å²) in [5.74, 6) is -1.12. The number of esters is 2. The van der Waals surface area contributed by atoms with Crippen LogP contribution in [-0.2, 0) is 28.7 Å². The van der Waals surface area contributed by atoms with Gasteiger partial charge in [0.2, 0.25) is 0 Å². The smallest absolute Gasteiger partial charge is 0.317 e. The second kappa shape index (κ2) is 11.1. The first kappa shape index (κ1) is 29.5. The summed E-state index contributed by atoms with van der Waals surface area (Å²) in [4.78, 5) is 37.1. The van der Waals surface area contributed by atoms with Gasteiger partial charge in [0.15, 0.2) is 0 Å². The molecular weight excluding hydrogens is 448 g/mol. The van der Waals surface area contributed by atoms with Gasteiger partial charge in [-0.05, 0) is 55.4 Å². The zero-order valence-corrected chi connectivity index (χ0v) is 23.0. The van der Waals surface area contributed by atoms with E-state index in [9.17, 15) is 9.59 Å². The predicted molar refractivity (Wildman–Crippen MR) is 135 cm³/mol. The molecule has 2 heterocycles. The number of hydrogen-bond donors (Lipinski definition) is 0. The Morgan fingerprint density at radius 3 is 1.23 bits per heavy atom. The summed E-state index contributed by atoms with van der Waals surface area (Å²) in [7, 11) is 0. The first-order valence-corrected chi connectivity index (χ1v) is 12.5. The van der Waals surface area contributed by atoms with Crippen LogP contribution in [0.5, 0.6) is 0 Å². The highest BCUT2D eigenvalue weighted by molar-refractivity contribution is 5.91. The van der Waals surface area contributed by atoms with Gasteiger partial charge in [0.05, 0.1) is 13.2 Å². The quantitative estimate of drug-likeness (QED) is 0.245. The van der Waals surface area contributed by atoms with Crippen molar-refractivity contribution in [1.82, 2.24) is 10.1 Å². The van der Waals surface area contributed by atoms with Crippen molar-refractivity contribution >= 4 is 11.9 Å². The molecule has 8 heteroatoms. The highest BCUT2D eigenvalue weighted by Gasteiger charge is 2.49. The number of hydroxylamine groups is 4. The molecular formula is C27H46N2O6. The lowest BCUT2D eigenvalue weighted by molar-refractivity contribution is -0.288. The van der Waals surface area contributed by atoms with Gasteiger partial charge >= 0.3 is 11.9 Å². The number of nitrogens with zero attached hydrogens (tertiary/aromatic N) is 2. The van der Waals surface area contributed by atoms with Crippen molar-refractivity contribution in [2.45, 2.75) is 122 Å². The van der Waals surface area contributed by atoms with Gasteiger partial charge in [-0.1, -0.05) is 12.2 Å². The number of carbonyl (C=O) groups is 2. The Bertz CT molecular complexity index is 689. The van der Waals surface area contributed by atoms with Crippen LogP contribution in [0.2, 0.25) is 0 Å². The molecule has 2 aliphatic rings. The van der Waals surface area contributed by atoms with E-state index in [2.05, 4.69) is 68.5 Å². The van der Waals surface area contributed by atoms with Crippen LogP contribution in [0, 0.1) is 0 Å². The average molecular weight is 495 g/mol. The standard InChI is InChI=1S/C27H46N2O6/c1-11-13-32-28-24(3,4)16-20(17-25(28,5)6)34-22(30)15-23(31)35-21-18-26(7,8)29(33-14-12-2)27(9,10)19-21/h11-12,20-21H,1-2,13-19H2,3-10H3. The highest BCUT2D eigenvalue weighted by atomic mass is 16.7. The molecule has 0 N–H and O–H groups in total. The third-order valence-corrected chi connectivity index (χ3v) is 6.64. The summed E-state index contributed by atoms with van der Waals surface area (Å²) in [5.41, 5.74) is -1.41. The van der Waals surface area contributed by atoms with E-state index in [1.165, 1.54) is 0 Å². The minimum atomic E-state index is -0.558. The van der Waals surface area contributed by atoms with Gasteiger partial charge in [-0.25, -0.2) is 0 Å². The maximum absolute atomic E-state index is 12.6. The SMILES string of the molecule is C=CCON1C(C)(C)CC(OC(=O)CC(=O)OC2CC(C)(C)N(OCC=C)C(C)(C)C2)CC1(C)C. The van der Waals surface area contributed by atoms with E-state index < -0.39 is 18.4 Å². The van der Waals surface area contributed by atoms with Gasteiger partial charge in [-0.3, -0.25) is 19.3 Å². The van der Waals surface area contributed by atoms with Crippen LogP contribution < -0.4 is 0 Å². The van der Waals surface area contributed by atoms with Crippen LogP contribution in [0.1, 0.15) is 87.5 Å². The third-order valence-electron chi connectivity index (χ3n) is 6.64. The molecule has 0 spiro atoms. The molecule has 0 aromatic heterocycles. The fraction of sp³-hybridized carbons (Fsp3) is 0.778. The Kier molecular flexibility index (Phi) is 9.36. The summed E-state index contributed by atoms with van der Waals surface area (Å²) in [6, 6.07) is 0. The molecule has 0 unspecified atom stereocenters. The molecule has 0 bridgehead atoms. The lowest BCUT2D eigenvalue weighted by Crippen LogP contribution is -2.62. The van der Waals surface area contributed by atoms with Crippen molar-refractivity contribution in [2.24, 2.45) is 0 Å². The molecule has 8 nitrogen and oxygen atoms in total. The fourth-order valence-corrected chi connectivity index (χ4v) is 6.04. The summed E-state index contributed by atoms with van der Waals surface area (Å²) < 4.78 is 11.5. The Morgan fingerprint density at radius 1 is 0.686 bits per heavy atom. The fourth-order valence-electron chi connectivity index (χ4n) is 6.04. The van der Waals surface area contributed by atoms with Gasteiger partial charge in [0.1, 0.15) is 18.6 Å². The second-order valence-electron chi connectivity index (χ2n) is 12.2. The average Bonchev–Trinajstić information content (AvgIpc) is 2.64. The number of carbonyl (C=O) groups excluding carboxylic acids is 2. The topological polar surface area (TPSA) is 77.5 Å². The van der Waals surface area contributed by atoms with Crippen molar-refractivity contribution in [3.8, 4) is 0 Å². The summed E-state index contributed by atoms with van der Waals surface area (Å²) in [6.07, 6.45) is 4.79. The Morgan fingerprint density at radius 2 is 0.971 bits per heavy atom. The zero-order chi connectivity index (χ0) is 26.7. The number of ether oxygens (including phenoxy) is 2. The Labute approximate surface area is 211 Å². The highest BCUT2D eigenvalue weighted by Crippen LogP contribution is 2.41. The van der Waals surface area contributed by atoms with Crippen LogP contribution in [0.3, 0.4) is 0 Å². The molecule has 2 fully saturated rings. The minimum absolute atomic E-state index is 0.313. The van der Waals surface area contributed by atoms with Crippen LogP contribution in [0.4, 0.5) is 0 Å². The normalized spacial score (nSPS) is 24.5. The zero-order valence-electron chi connectivity index (χ0n) is 23.0. The lowest BCUT2D eigenvalue weighted by Gasteiger charge is -2.53. The first-order valence-electron chi connectivity index (χ1n) is 12.5. The van der Waals surface area contributed by atoms with Gasteiger partial charge in [0.25, 0.3) is 0 Å². The van der Waals surface area contributed by atoms with Crippen molar-refractivity contribution in [2.75, 3.05) is 13.2 Å². The van der Waals surface area contributed by atoms with E-state index in [-0.39, 0.29) is 34.4 Å². The van der Waals surface area contributed by atoms with Crippen LogP contribution >= 0.6 is 0 Å². The Balaban J connectivity index is 1.93. The summed E-state index contributed by atoms with van der Waals surface area (Å²) >= 11 is 0. The molecule has 2 aliphatic heterocycles. The van der Waals surface area contributed by atoms with E-state index in [0.29, 0.717) is 38.9 Å². The van der Waals surface area contributed by atoms with Crippen molar-refractivity contribution < 1.29 is 28.7 Å². The molecule has 0 aliphatic carbocycles. The number of hydrogen-bond acceptors (Lipinski definition) is 8. The van der Waals surface area contributed by atoms with E-state index >= 15 is 0 Å². The van der Waals surface area contributed by atoms with Crippen molar-refractivity contribution in [3.63, 3.8) is 0 Å². The lowest BCUT2D eigenvalue weighted by atomic mass is 9.80. The maximum atomic E-state index is 12.6. The molecule has 0 amide bonds. The molecule has 2 rings (SSSR count). The van der Waals surface area contributed by atoms with E-state index in [0.717, 1.165) is 0 Å². The Hall–Kier alpha value is -1.74. The summed E-state index contributed by atoms with van der Waals surface area (Å²) in [5, 5.41) is 3.93. The largest absolute Gasteiger partial charge is 0.462 e. The number of piperidine rings is 2. The van der Waals surface area contributed by atoms with Crippen molar-refractivity contribution in [1.29, 1.82) is 0 Å². The van der Waals surface area contributed by atoms with Crippen LogP contribution in [0.15, 0.2) is 25.3 Å². The van der Waals surface area contributed by atoms with Gasteiger partial charge in [-0.15, -0.1) is 13.2 Å². The summed E-state index contributed by atoms with van der Waals surface area (Å²) in [6.45, 7) is 24.7. The van der Waals surface area contributed by atoms with Gasteiger partial charge in [-0.2, -0.15) is 10.1 Å². The molecule has 200 valence electrons. The first-order chi connectivity index (χ1) is 16.0. The molecule has 0 radical (unpaired) electrons. The third kappa shape index (κ3) is 7.62. The second-order valence-corrected chi connectivity index (χ2v) is 12.2.